The number of benzene rings is 4. The van der Waals surface area contributed by atoms with Crippen LogP contribution in [0.25, 0.3) is 22.3 Å². The molecule has 2 aliphatic rings. The van der Waals surface area contributed by atoms with Crippen molar-refractivity contribution >= 4 is 56.5 Å². The predicted molar refractivity (Wildman–Crippen MR) is 233 cm³/mol. The molecular weight excluding hydrogens is 821 g/mol. The summed E-state index contributed by atoms with van der Waals surface area (Å²) in [5.41, 5.74) is 12.3. The van der Waals surface area contributed by atoms with E-state index in [9.17, 15) is 19.2 Å². The number of carbonyl (C=O) groups is 4. The molecule has 0 atom stereocenters. The zero-order valence-electron chi connectivity index (χ0n) is 33.4. The van der Waals surface area contributed by atoms with Gasteiger partial charge in [-0.25, -0.2) is 14.4 Å². The van der Waals surface area contributed by atoms with Crippen LogP contribution >= 0.6 is 22.7 Å². The maximum atomic E-state index is 12.9. The van der Waals surface area contributed by atoms with E-state index in [0.29, 0.717) is 59.7 Å². The van der Waals surface area contributed by atoms with Crippen molar-refractivity contribution in [1.82, 2.24) is 0 Å². The predicted octanol–water partition coefficient (Wildman–Crippen LogP) is 9.49. The molecule has 2 saturated heterocycles. The summed E-state index contributed by atoms with van der Waals surface area (Å²) in [7, 11) is 0. The van der Waals surface area contributed by atoms with E-state index in [1.165, 1.54) is 22.7 Å². The summed E-state index contributed by atoms with van der Waals surface area (Å²) in [5, 5.41) is 16.3. The highest BCUT2D eigenvalue weighted by atomic mass is 32.1. The molecule has 2 aromatic heterocycles. The second-order valence-corrected chi connectivity index (χ2v) is 14.9. The Morgan fingerprint density at radius 3 is 1.61 bits per heavy atom. The topological polar surface area (TPSA) is 182 Å². The monoisotopic (exact) mass is 864 g/mol. The molecule has 1 amide bonds. The van der Waals surface area contributed by atoms with Crippen LogP contribution in [-0.4, -0.2) is 68.6 Å². The molecule has 15 heteroatoms. The van der Waals surface area contributed by atoms with Gasteiger partial charge in [0.25, 0.3) is 5.91 Å². The molecule has 0 unspecified atom stereocenters. The maximum absolute atomic E-state index is 12.9. The van der Waals surface area contributed by atoms with Crippen molar-refractivity contribution in [2.45, 2.75) is 26.4 Å². The van der Waals surface area contributed by atoms with Gasteiger partial charge >= 0.3 is 17.9 Å². The van der Waals surface area contributed by atoms with Gasteiger partial charge in [0.05, 0.1) is 45.2 Å². The minimum atomic E-state index is -0.940. The van der Waals surface area contributed by atoms with Crippen LogP contribution in [0.2, 0.25) is 0 Å². The number of anilines is 2. The molecule has 13 nitrogen and oxygen atoms in total. The standard InChI is InChI=1S/C23H21NO5S.C13H13NO2S.C10H10O4/c1-2-27-22(26)19-18(15-7-4-3-5-8-15)14-30-21(19)24-20(25)16-9-6-10-17(13-16)23-28-11-12-29-23;1-2-16-13(15)11-10(8-17-12(11)14)9-6-4-3-5-7-9;11-9(12)7-2-1-3-8(6-7)10-13-4-5-14-10/h3-10,13-14,23H,2,11-12H2,1H3,(H,24,25);3-8H,2,14H2,1H3;1-3,6,10H,4-5H2,(H,11,12). The van der Waals surface area contributed by atoms with E-state index >= 15 is 0 Å². The Morgan fingerprint density at radius 2 is 1.10 bits per heavy atom. The summed E-state index contributed by atoms with van der Waals surface area (Å²) < 4.78 is 31.8. The van der Waals surface area contributed by atoms with Crippen molar-refractivity contribution in [1.29, 1.82) is 0 Å². The Kier molecular flexibility index (Phi) is 15.9. The van der Waals surface area contributed by atoms with Gasteiger partial charge in [0, 0.05) is 38.6 Å². The van der Waals surface area contributed by atoms with Gasteiger partial charge in [0.1, 0.15) is 21.1 Å². The van der Waals surface area contributed by atoms with Gasteiger partial charge in [-0.3, -0.25) is 4.79 Å². The Morgan fingerprint density at radius 1 is 0.639 bits per heavy atom. The molecule has 0 saturated carbocycles. The zero-order chi connectivity index (χ0) is 43.1. The number of nitrogens with one attached hydrogen (secondary N) is 1. The van der Waals surface area contributed by atoms with Gasteiger partial charge < -0.3 is 44.6 Å². The lowest BCUT2D eigenvalue weighted by Crippen LogP contribution is -2.15. The summed E-state index contributed by atoms with van der Waals surface area (Å²) in [6.45, 7) is 6.31. The van der Waals surface area contributed by atoms with Crippen molar-refractivity contribution in [3.05, 3.63) is 153 Å². The van der Waals surface area contributed by atoms with Crippen molar-refractivity contribution < 1.29 is 52.7 Å². The van der Waals surface area contributed by atoms with E-state index in [2.05, 4.69) is 5.32 Å². The normalized spacial score (nSPS) is 13.6. The van der Waals surface area contributed by atoms with Gasteiger partial charge in [0.2, 0.25) is 0 Å². The molecule has 6 aromatic rings. The first-order valence-corrected chi connectivity index (χ1v) is 21.1. The minimum absolute atomic E-state index is 0.250. The van der Waals surface area contributed by atoms with Gasteiger partial charge in [-0.1, -0.05) is 84.9 Å². The third-order valence-electron chi connectivity index (χ3n) is 9.04. The lowest BCUT2D eigenvalue weighted by Gasteiger charge is -2.12. The number of carboxylic acids is 1. The number of rotatable bonds is 11. The average Bonchev–Trinajstić information content (AvgIpc) is 4.14. The molecule has 0 radical (unpaired) electrons. The highest BCUT2D eigenvalue weighted by molar-refractivity contribution is 7.15. The molecule has 4 N–H and O–H groups in total. The third-order valence-corrected chi connectivity index (χ3v) is 10.7. The summed E-state index contributed by atoms with van der Waals surface area (Å²) in [6.07, 6.45) is -0.867. The number of carbonyl (C=O) groups excluding carboxylic acids is 3. The average molecular weight is 865 g/mol. The molecule has 8 rings (SSSR count). The highest BCUT2D eigenvalue weighted by Gasteiger charge is 2.25. The van der Waals surface area contributed by atoms with Crippen LogP contribution < -0.4 is 11.1 Å². The van der Waals surface area contributed by atoms with Crippen molar-refractivity contribution in [3.63, 3.8) is 0 Å². The van der Waals surface area contributed by atoms with Crippen LogP contribution in [-0.2, 0) is 28.4 Å². The van der Waals surface area contributed by atoms with E-state index < -0.39 is 24.5 Å². The number of hydrogen-bond donors (Lipinski definition) is 3. The first kappa shape index (κ1) is 44.4. The number of thiophene rings is 2. The Balaban J connectivity index is 0.000000169. The number of amides is 1. The van der Waals surface area contributed by atoms with Crippen LogP contribution in [0.1, 0.15) is 79.0 Å². The van der Waals surface area contributed by atoms with E-state index in [1.54, 1.807) is 56.3 Å². The van der Waals surface area contributed by atoms with Gasteiger partial charge in [0.15, 0.2) is 12.6 Å². The van der Waals surface area contributed by atoms with E-state index in [0.717, 1.165) is 33.4 Å². The molecule has 4 heterocycles. The van der Waals surface area contributed by atoms with Crippen LogP contribution in [0.5, 0.6) is 0 Å². The smallest absolute Gasteiger partial charge is 0.341 e. The first-order valence-electron chi connectivity index (χ1n) is 19.3. The largest absolute Gasteiger partial charge is 0.478 e. The number of esters is 2. The number of nitrogen functional groups attached to an aromatic ring is 1. The summed E-state index contributed by atoms with van der Waals surface area (Å²) in [6, 6.07) is 32.9. The first-order chi connectivity index (χ1) is 29.7. The summed E-state index contributed by atoms with van der Waals surface area (Å²) >= 11 is 2.65. The number of aromatic carboxylic acids is 1. The second-order valence-electron chi connectivity index (χ2n) is 13.1. The molecule has 0 spiro atoms. The van der Waals surface area contributed by atoms with Crippen LogP contribution in [0.4, 0.5) is 10.0 Å². The van der Waals surface area contributed by atoms with Gasteiger partial charge in [-0.2, -0.15) is 0 Å². The number of nitrogens with two attached hydrogens (primary N) is 1. The molecule has 4 aromatic carbocycles. The quantitative estimate of drug-likeness (QED) is 0.105. The van der Waals surface area contributed by atoms with E-state index in [-0.39, 0.29) is 24.0 Å². The van der Waals surface area contributed by atoms with Crippen LogP contribution in [0.3, 0.4) is 0 Å². The molecule has 0 aliphatic carbocycles. The Labute approximate surface area is 360 Å². The zero-order valence-corrected chi connectivity index (χ0v) is 35.0. The minimum Gasteiger partial charge on any atom is -0.478 e. The molecule has 0 bridgehead atoms. The molecule has 316 valence electrons. The van der Waals surface area contributed by atoms with E-state index in [4.69, 9.17) is 39.3 Å². The van der Waals surface area contributed by atoms with Crippen LogP contribution in [0.15, 0.2) is 120 Å². The fourth-order valence-electron chi connectivity index (χ4n) is 6.22. The molecule has 61 heavy (non-hydrogen) atoms. The summed E-state index contributed by atoms with van der Waals surface area (Å²) in [4.78, 5) is 48.1. The fourth-order valence-corrected chi connectivity index (χ4v) is 7.99. The van der Waals surface area contributed by atoms with Crippen LogP contribution in [0, 0.1) is 0 Å². The van der Waals surface area contributed by atoms with E-state index in [1.807, 2.05) is 77.5 Å². The molecular formula is C46H44N2O11S2. The van der Waals surface area contributed by atoms with Crippen molar-refractivity contribution in [2.24, 2.45) is 0 Å². The molecule has 2 aliphatic heterocycles. The van der Waals surface area contributed by atoms with Crippen molar-refractivity contribution in [2.75, 3.05) is 50.7 Å². The van der Waals surface area contributed by atoms with Crippen molar-refractivity contribution in [3.8, 4) is 22.3 Å². The second kappa shape index (κ2) is 21.9. The number of hydrogen-bond acceptors (Lipinski definition) is 13. The highest BCUT2D eigenvalue weighted by Crippen LogP contribution is 2.37. The lowest BCUT2D eigenvalue weighted by molar-refractivity contribution is -0.0443. The lowest BCUT2D eigenvalue weighted by atomic mass is 10.0. The summed E-state index contributed by atoms with van der Waals surface area (Å²) in [5.74, 6) is -2.08. The SMILES string of the molecule is CCOC(=O)c1c(-c2ccccc2)csc1N.CCOC(=O)c1c(-c2ccccc2)csc1NC(=O)c1cccc(C2OCCO2)c1.O=C(O)c1cccc(C2OCCO2)c1. The Bertz CT molecular complexity index is 2400. The van der Waals surface area contributed by atoms with Gasteiger partial charge in [-0.05, 0) is 49.2 Å². The molecule has 2 fully saturated rings. The van der Waals surface area contributed by atoms with Gasteiger partial charge in [-0.15, -0.1) is 22.7 Å². The fraction of sp³-hybridized carbons (Fsp3) is 0.217. The third kappa shape index (κ3) is 11.5. The maximum Gasteiger partial charge on any atom is 0.341 e. The number of ether oxygens (including phenoxy) is 6. The Hall–Kier alpha value is -6.20. The number of carboxylic acid groups (broad SMARTS) is 1.